The maximum atomic E-state index is 12.6. The summed E-state index contributed by atoms with van der Waals surface area (Å²) >= 11 is 5.96. The zero-order chi connectivity index (χ0) is 24.5. The summed E-state index contributed by atoms with van der Waals surface area (Å²) in [5.74, 6) is 0.593. The first-order chi connectivity index (χ1) is 17.1. The highest BCUT2D eigenvalue weighted by Crippen LogP contribution is 2.14. The zero-order valence-electron chi connectivity index (χ0n) is 19.4. The van der Waals surface area contributed by atoms with E-state index in [0.29, 0.717) is 23.9 Å². The minimum atomic E-state index is -0.518. The van der Waals surface area contributed by atoms with Crippen LogP contribution in [0.25, 0.3) is 0 Å². The second kappa shape index (κ2) is 12.3. The first-order valence-corrected chi connectivity index (χ1v) is 12.0. The van der Waals surface area contributed by atoms with E-state index in [1.165, 1.54) is 0 Å². The van der Waals surface area contributed by atoms with Gasteiger partial charge in [-0.15, -0.1) is 0 Å². The second-order valence-corrected chi connectivity index (χ2v) is 8.84. The lowest BCUT2D eigenvalue weighted by Gasteiger charge is -2.12. The van der Waals surface area contributed by atoms with Crippen LogP contribution in [0, 0.1) is 0 Å². The van der Waals surface area contributed by atoms with E-state index in [-0.39, 0.29) is 12.3 Å². The standard InChI is InChI=1S/C28H29ClN4O2/c29-24-10-6-22(7-11-24)20-33-17-16-31-27(33)18-28(35)32-25-12-8-21(9-13-25)14-15-30-19-26(34)23-4-2-1-3-5-23/h1-13,16-17,26,30,34H,14-15,18-20H2,(H,32,35). The summed E-state index contributed by atoms with van der Waals surface area (Å²) in [6.45, 7) is 1.89. The molecule has 4 rings (SSSR count). The number of rotatable bonds is 11. The number of aliphatic hydroxyl groups excluding tert-OH is 1. The number of nitrogens with one attached hydrogen (secondary N) is 2. The van der Waals surface area contributed by atoms with Crippen molar-refractivity contribution in [3.05, 3.63) is 119 Å². The summed E-state index contributed by atoms with van der Waals surface area (Å²) in [6, 6.07) is 25.1. The number of aromatic nitrogens is 2. The molecule has 4 aromatic rings. The molecule has 1 heterocycles. The van der Waals surface area contributed by atoms with Gasteiger partial charge in [0.2, 0.25) is 5.91 Å². The van der Waals surface area contributed by atoms with Crippen molar-refractivity contribution in [3.63, 3.8) is 0 Å². The Morgan fingerprint density at radius 3 is 2.43 bits per heavy atom. The van der Waals surface area contributed by atoms with Gasteiger partial charge in [0.1, 0.15) is 5.82 Å². The van der Waals surface area contributed by atoms with Crippen LogP contribution in [0.3, 0.4) is 0 Å². The molecule has 0 saturated heterocycles. The van der Waals surface area contributed by atoms with Gasteiger partial charge >= 0.3 is 0 Å². The van der Waals surface area contributed by atoms with E-state index in [1.807, 2.05) is 89.6 Å². The van der Waals surface area contributed by atoms with E-state index >= 15 is 0 Å². The first kappa shape index (κ1) is 24.7. The number of imidazole rings is 1. The Bertz CT molecular complexity index is 1210. The minimum Gasteiger partial charge on any atom is -0.387 e. The average Bonchev–Trinajstić information content (AvgIpc) is 3.30. The molecule has 0 aliphatic rings. The van der Waals surface area contributed by atoms with Crippen LogP contribution in [0.2, 0.25) is 5.02 Å². The van der Waals surface area contributed by atoms with Crippen LogP contribution in [-0.4, -0.2) is 33.7 Å². The molecule has 0 bridgehead atoms. The van der Waals surface area contributed by atoms with E-state index in [1.54, 1.807) is 6.20 Å². The smallest absolute Gasteiger partial charge is 0.231 e. The number of nitrogens with zero attached hydrogens (tertiary/aromatic N) is 2. The second-order valence-electron chi connectivity index (χ2n) is 8.40. The van der Waals surface area contributed by atoms with Crippen molar-refractivity contribution in [2.24, 2.45) is 0 Å². The fraction of sp³-hybridized carbons (Fsp3) is 0.214. The van der Waals surface area contributed by atoms with Crippen LogP contribution < -0.4 is 10.6 Å². The summed E-state index contributed by atoms with van der Waals surface area (Å²) in [5.41, 5.74) is 3.91. The Hall–Kier alpha value is -3.45. The molecule has 1 aromatic heterocycles. The van der Waals surface area contributed by atoms with Gasteiger partial charge in [-0.2, -0.15) is 0 Å². The highest BCUT2D eigenvalue weighted by atomic mass is 35.5. The van der Waals surface area contributed by atoms with Crippen molar-refractivity contribution in [1.29, 1.82) is 0 Å². The van der Waals surface area contributed by atoms with Crippen molar-refractivity contribution in [2.75, 3.05) is 18.4 Å². The molecule has 0 fully saturated rings. The Kier molecular flexibility index (Phi) is 8.68. The van der Waals surface area contributed by atoms with E-state index in [9.17, 15) is 9.90 Å². The van der Waals surface area contributed by atoms with Gasteiger partial charge in [0.15, 0.2) is 0 Å². The van der Waals surface area contributed by atoms with Crippen LogP contribution in [-0.2, 0) is 24.2 Å². The molecule has 0 spiro atoms. The van der Waals surface area contributed by atoms with Crippen LogP contribution >= 0.6 is 11.6 Å². The molecule has 0 radical (unpaired) electrons. The van der Waals surface area contributed by atoms with Gasteiger partial charge in [-0.05, 0) is 53.9 Å². The predicted molar refractivity (Wildman–Crippen MR) is 140 cm³/mol. The number of hydrogen-bond acceptors (Lipinski definition) is 4. The topological polar surface area (TPSA) is 79.2 Å². The first-order valence-electron chi connectivity index (χ1n) is 11.6. The molecule has 0 aliphatic heterocycles. The van der Waals surface area contributed by atoms with E-state index in [0.717, 1.165) is 35.3 Å². The number of amides is 1. The normalized spacial score (nSPS) is 11.8. The zero-order valence-corrected chi connectivity index (χ0v) is 20.2. The van der Waals surface area contributed by atoms with Crippen molar-refractivity contribution < 1.29 is 9.90 Å². The Morgan fingerprint density at radius 2 is 1.69 bits per heavy atom. The molecule has 180 valence electrons. The van der Waals surface area contributed by atoms with Gasteiger partial charge in [-0.25, -0.2) is 4.98 Å². The van der Waals surface area contributed by atoms with E-state index in [4.69, 9.17) is 11.6 Å². The summed E-state index contributed by atoms with van der Waals surface area (Å²) < 4.78 is 1.97. The fourth-order valence-corrected chi connectivity index (χ4v) is 3.93. The molecule has 3 aromatic carbocycles. The lowest BCUT2D eigenvalue weighted by Crippen LogP contribution is -2.23. The summed E-state index contributed by atoms with van der Waals surface area (Å²) in [4.78, 5) is 16.9. The predicted octanol–water partition coefficient (Wildman–Crippen LogP) is 4.63. The number of carbonyl (C=O) groups excluding carboxylic acids is 1. The van der Waals surface area contributed by atoms with E-state index < -0.39 is 6.10 Å². The van der Waals surface area contributed by atoms with Crippen LogP contribution in [0.15, 0.2) is 91.3 Å². The lowest BCUT2D eigenvalue weighted by molar-refractivity contribution is -0.115. The monoisotopic (exact) mass is 488 g/mol. The molecule has 1 amide bonds. The third kappa shape index (κ3) is 7.52. The van der Waals surface area contributed by atoms with Crippen LogP contribution in [0.5, 0.6) is 0 Å². The number of anilines is 1. The number of halogens is 1. The van der Waals surface area contributed by atoms with Gasteiger partial charge in [0.05, 0.1) is 12.5 Å². The molecule has 0 aliphatic carbocycles. The quantitative estimate of drug-likeness (QED) is 0.269. The van der Waals surface area contributed by atoms with Gasteiger partial charge in [-0.3, -0.25) is 4.79 Å². The molecule has 1 atom stereocenters. The molecule has 3 N–H and O–H groups in total. The third-order valence-electron chi connectivity index (χ3n) is 5.74. The van der Waals surface area contributed by atoms with Gasteiger partial charge in [0, 0.05) is 36.2 Å². The van der Waals surface area contributed by atoms with Gasteiger partial charge < -0.3 is 20.3 Å². The fourth-order valence-electron chi connectivity index (χ4n) is 3.81. The average molecular weight is 489 g/mol. The summed E-state index contributed by atoms with van der Waals surface area (Å²) in [7, 11) is 0. The SMILES string of the molecule is O=C(Cc1nccn1Cc1ccc(Cl)cc1)Nc1ccc(CCNCC(O)c2ccccc2)cc1. The molecular formula is C28H29ClN4O2. The molecule has 6 nitrogen and oxygen atoms in total. The van der Waals surface area contributed by atoms with Crippen molar-refractivity contribution >= 4 is 23.2 Å². The Labute approximate surface area is 210 Å². The van der Waals surface area contributed by atoms with Crippen molar-refractivity contribution in [1.82, 2.24) is 14.9 Å². The van der Waals surface area contributed by atoms with E-state index in [2.05, 4.69) is 15.6 Å². The molecule has 0 saturated carbocycles. The maximum Gasteiger partial charge on any atom is 0.231 e. The van der Waals surface area contributed by atoms with Crippen LogP contribution in [0.1, 0.15) is 28.6 Å². The van der Waals surface area contributed by atoms with Crippen molar-refractivity contribution in [3.8, 4) is 0 Å². The molecule has 7 heteroatoms. The van der Waals surface area contributed by atoms with Crippen molar-refractivity contribution in [2.45, 2.75) is 25.5 Å². The molecule has 1 unspecified atom stereocenters. The Balaban J connectivity index is 1.21. The molecular weight excluding hydrogens is 460 g/mol. The summed E-state index contributed by atoms with van der Waals surface area (Å²) in [6.07, 6.45) is 4.09. The number of carbonyl (C=O) groups is 1. The number of aliphatic hydroxyl groups is 1. The van der Waals surface area contributed by atoms with Gasteiger partial charge in [-0.1, -0.05) is 66.2 Å². The van der Waals surface area contributed by atoms with Crippen LogP contribution in [0.4, 0.5) is 5.69 Å². The minimum absolute atomic E-state index is 0.113. The van der Waals surface area contributed by atoms with Gasteiger partial charge in [0.25, 0.3) is 0 Å². The maximum absolute atomic E-state index is 12.6. The lowest BCUT2D eigenvalue weighted by atomic mass is 10.1. The Morgan fingerprint density at radius 1 is 0.971 bits per heavy atom. The highest BCUT2D eigenvalue weighted by molar-refractivity contribution is 6.30. The summed E-state index contributed by atoms with van der Waals surface area (Å²) in [5, 5.41) is 17.2. The molecule has 35 heavy (non-hydrogen) atoms. The third-order valence-corrected chi connectivity index (χ3v) is 5.99. The number of hydrogen-bond donors (Lipinski definition) is 3. The number of benzene rings is 3. The largest absolute Gasteiger partial charge is 0.387 e. The highest BCUT2D eigenvalue weighted by Gasteiger charge is 2.10.